The second-order valence-electron chi connectivity index (χ2n) is 4.38. The van der Waals surface area contributed by atoms with Gasteiger partial charge < -0.3 is 0 Å². The Morgan fingerprint density at radius 2 is 1.60 bits per heavy atom. The van der Waals surface area contributed by atoms with E-state index in [9.17, 15) is 0 Å². The third kappa shape index (κ3) is 9.79. The highest BCUT2D eigenvalue weighted by Crippen LogP contribution is 2.17. The number of nitriles is 1. The largest absolute Gasteiger partial charge is 0.198 e. The summed E-state index contributed by atoms with van der Waals surface area (Å²) in [5.41, 5.74) is 0. The molecule has 0 aliphatic heterocycles. The van der Waals surface area contributed by atoms with E-state index in [1.807, 2.05) is 0 Å². The monoisotopic (exact) mass is 208 g/mol. The van der Waals surface area contributed by atoms with Crippen LogP contribution in [-0.4, -0.2) is 0 Å². The maximum Gasteiger partial charge on any atom is 0.0655 e. The molecule has 87 valence electrons. The molecule has 1 atom stereocenters. The van der Waals surface area contributed by atoms with Crippen molar-refractivity contribution in [3.63, 3.8) is 0 Å². The van der Waals surface area contributed by atoms with E-state index in [4.69, 9.17) is 5.26 Å². The Morgan fingerprint density at radius 1 is 1.00 bits per heavy atom. The van der Waals surface area contributed by atoms with Crippen LogP contribution in [-0.2, 0) is 0 Å². The summed E-state index contributed by atoms with van der Waals surface area (Å²) in [6.45, 7) is 6.05. The van der Waals surface area contributed by atoms with Crippen molar-refractivity contribution in [2.45, 2.75) is 71.1 Å². The van der Waals surface area contributed by atoms with Crippen molar-refractivity contribution >= 4 is 0 Å². The summed E-state index contributed by atoms with van der Waals surface area (Å²) in [5.74, 6) is 0.312. The molecular formula is C14H26N. The highest BCUT2D eigenvalue weighted by molar-refractivity contribution is 4.82. The third-order valence-electron chi connectivity index (χ3n) is 2.89. The molecule has 1 radical (unpaired) electrons. The average Bonchev–Trinajstić information content (AvgIpc) is 2.27. The van der Waals surface area contributed by atoms with Gasteiger partial charge in [-0.05, 0) is 12.8 Å². The zero-order chi connectivity index (χ0) is 11.4. The lowest BCUT2D eigenvalue weighted by Crippen LogP contribution is -1.97. The molecule has 0 saturated carbocycles. The lowest BCUT2D eigenvalue weighted by Gasteiger charge is -2.08. The van der Waals surface area contributed by atoms with Gasteiger partial charge in [-0.25, -0.2) is 0 Å². The molecule has 0 fully saturated rings. The summed E-state index contributed by atoms with van der Waals surface area (Å²) in [4.78, 5) is 0. The van der Waals surface area contributed by atoms with Gasteiger partial charge in [0.2, 0.25) is 0 Å². The van der Waals surface area contributed by atoms with Crippen molar-refractivity contribution in [2.24, 2.45) is 5.92 Å². The van der Waals surface area contributed by atoms with Crippen LogP contribution in [0.25, 0.3) is 0 Å². The minimum Gasteiger partial charge on any atom is -0.198 e. The van der Waals surface area contributed by atoms with E-state index in [1.54, 1.807) is 0 Å². The lowest BCUT2D eigenvalue weighted by atomic mass is 9.96. The second kappa shape index (κ2) is 11.6. The van der Waals surface area contributed by atoms with Gasteiger partial charge >= 0.3 is 0 Å². The molecule has 1 nitrogen and oxygen atoms in total. The maximum absolute atomic E-state index is 8.98. The maximum atomic E-state index is 8.98. The Kier molecular flexibility index (Phi) is 11.2. The van der Waals surface area contributed by atoms with Gasteiger partial charge in [0.05, 0.1) is 6.07 Å². The predicted molar refractivity (Wildman–Crippen MR) is 66.3 cm³/mol. The molecule has 15 heavy (non-hydrogen) atoms. The summed E-state index contributed by atoms with van der Waals surface area (Å²) in [5, 5.41) is 8.98. The summed E-state index contributed by atoms with van der Waals surface area (Å²) in [6, 6.07) is 2.44. The molecule has 0 aromatic heterocycles. The fourth-order valence-corrected chi connectivity index (χ4v) is 1.84. The predicted octanol–water partition coefficient (Wildman–Crippen LogP) is 4.88. The van der Waals surface area contributed by atoms with Gasteiger partial charge in [-0.15, -0.1) is 0 Å². The quantitative estimate of drug-likeness (QED) is 0.469. The fraction of sp³-hybridized carbons (Fsp3) is 0.857. The zero-order valence-corrected chi connectivity index (χ0v) is 10.3. The van der Waals surface area contributed by atoms with E-state index in [2.05, 4.69) is 19.9 Å². The van der Waals surface area contributed by atoms with Gasteiger partial charge in [-0.3, -0.25) is 0 Å². The van der Waals surface area contributed by atoms with Crippen molar-refractivity contribution in [3.8, 4) is 6.07 Å². The number of hydrogen-bond donors (Lipinski definition) is 0. The van der Waals surface area contributed by atoms with Crippen LogP contribution in [0.4, 0.5) is 0 Å². The molecule has 0 aromatic carbocycles. The van der Waals surface area contributed by atoms with Crippen molar-refractivity contribution in [2.75, 3.05) is 0 Å². The zero-order valence-electron chi connectivity index (χ0n) is 10.3. The fourth-order valence-electron chi connectivity index (χ4n) is 1.84. The van der Waals surface area contributed by atoms with Crippen molar-refractivity contribution < 1.29 is 0 Å². The molecule has 0 rings (SSSR count). The summed E-state index contributed by atoms with van der Waals surface area (Å²) >= 11 is 0. The van der Waals surface area contributed by atoms with Crippen molar-refractivity contribution in [1.29, 1.82) is 5.26 Å². The first-order valence-electron chi connectivity index (χ1n) is 6.54. The van der Waals surface area contributed by atoms with Gasteiger partial charge in [0.1, 0.15) is 0 Å². The van der Waals surface area contributed by atoms with Gasteiger partial charge in [0, 0.05) is 5.92 Å². The SMILES string of the molecule is [CH2]CCCCCC(C#N)CCCCCC. The summed E-state index contributed by atoms with van der Waals surface area (Å²) in [7, 11) is 0. The van der Waals surface area contributed by atoms with Crippen LogP contribution in [0.2, 0.25) is 0 Å². The van der Waals surface area contributed by atoms with Gasteiger partial charge in [-0.1, -0.05) is 65.2 Å². The van der Waals surface area contributed by atoms with E-state index in [0.717, 1.165) is 19.3 Å². The van der Waals surface area contributed by atoms with Crippen LogP contribution in [0.5, 0.6) is 0 Å². The van der Waals surface area contributed by atoms with E-state index >= 15 is 0 Å². The Bertz CT molecular complexity index is 145. The van der Waals surface area contributed by atoms with Crippen LogP contribution in [0.15, 0.2) is 0 Å². The molecule has 1 heteroatoms. The van der Waals surface area contributed by atoms with E-state index < -0.39 is 0 Å². The number of rotatable bonds is 10. The van der Waals surface area contributed by atoms with E-state index in [0.29, 0.717) is 5.92 Å². The Hall–Kier alpha value is -0.510. The first-order chi connectivity index (χ1) is 7.35. The average molecular weight is 208 g/mol. The number of unbranched alkanes of at least 4 members (excludes halogenated alkanes) is 6. The van der Waals surface area contributed by atoms with Crippen molar-refractivity contribution in [3.05, 3.63) is 6.92 Å². The molecule has 0 bridgehead atoms. The molecule has 0 spiro atoms. The van der Waals surface area contributed by atoms with Crippen LogP contribution in [0.1, 0.15) is 71.1 Å². The topological polar surface area (TPSA) is 23.8 Å². The van der Waals surface area contributed by atoms with Crippen LogP contribution in [0.3, 0.4) is 0 Å². The van der Waals surface area contributed by atoms with E-state index in [-0.39, 0.29) is 0 Å². The van der Waals surface area contributed by atoms with Crippen LogP contribution >= 0.6 is 0 Å². The highest BCUT2D eigenvalue weighted by atomic mass is 14.3. The normalized spacial score (nSPS) is 10.5. The molecular weight excluding hydrogens is 182 g/mol. The second-order valence-corrected chi connectivity index (χ2v) is 4.38. The molecule has 0 aliphatic carbocycles. The van der Waals surface area contributed by atoms with Gasteiger partial charge in [0.25, 0.3) is 0 Å². The Morgan fingerprint density at radius 3 is 2.07 bits per heavy atom. The van der Waals surface area contributed by atoms with Gasteiger partial charge in [0.15, 0.2) is 0 Å². The molecule has 0 amide bonds. The first-order valence-corrected chi connectivity index (χ1v) is 6.54. The molecule has 0 aromatic rings. The third-order valence-corrected chi connectivity index (χ3v) is 2.89. The smallest absolute Gasteiger partial charge is 0.0655 e. The molecule has 0 N–H and O–H groups in total. The summed E-state index contributed by atoms with van der Waals surface area (Å²) < 4.78 is 0. The van der Waals surface area contributed by atoms with Crippen LogP contribution in [0, 0.1) is 24.2 Å². The number of nitrogens with zero attached hydrogens (tertiary/aromatic N) is 1. The number of hydrogen-bond acceptors (Lipinski definition) is 1. The van der Waals surface area contributed by atoms with Crippen LogP contribution < -0.4 is 0 Å². The summed E-state index contributed by atoms with van der Waals surface area (Å²) in [6.07, 6.45) is 12.1. The highest BCUT2D eigenvalue weighted by Gasteiger charge is 2.06. The Balaban J connectivity index is 3.35. The first kappa shape index (κ1) is 14.5. The minimum absolute atomic E-state index is 0.312. The lowest BCUT2D eigenvalue weighted by molar-refractivity contribution is 0.482. The van der Waals surface area contributed by atoms with E-state index in [1.165, 1.54) is 44.9 Å². The molecule has 1 unspecified atom stereocenters. The molecule has 0 heterocycles. The van der Waals surface area contributed by atoms with Gasteiger partial charge in [-0.2, -0.15) is 5.26 Å². The van der Waals surface area contributed by atoms with Crippen molar-refractivity contribution in [1.82, 2.24) is 0 Å². The minimum atomic E-state index is 0.312. The molecule has 0 saturated heterocycles. The Labute approximate surface area is 95.9 Å². The standard InChI is InChI=1S/C14H26N/c1-3-5-7-9-11-14(13-15)12-10-8-6-4-2/h14H,1,3-12H2,2H3. The molecule has 0 aliphatic rings.